The zero-order chi connectivity index (χ0) is 14.7. The van der Waals surface area contributed by atoms with Gasteiger partial charge in [-0.3, -0.25) is 10.1 Å². The number of hydrogen-bond donors (Lipinski definition) is 1. The smallest absolute Gasteiger partial charge is 0.270 e. The Labute approximate surface area is 127 Å². The van der Waals surface area contributed by atoms with Gasteiger partial charge in [0, 0.05) is 35.7 Å². The largest absolute Gasteiger partial charge is 0.371 e. The number of nitrogens with one attached hydrogen (secondary N) is 1. The summed E-state index contributed by atoms with van der Waals surface area (Å²) in [4.78, 5) is 12.6. The zero-order valence-corrected chi connectivity index (χ0v) is 13.4. The van der Waals surface area contributed by atoms with Crippen molar-refractivity contribution in [2.75, 3.05) is 19.0 Å². The number of anilines is 1. The zero-order valence-electron chi connectivity index (χ0n) is 11.8. The van der Waals surface area contributed by atoms with E-state index >= 15 is 0 Å². The van der Waals surface area contributed by atoms with Crippen molar-refractivity contribution in [3.63, 3.8) is 0 Å². The summed E-state index contributed by atoms with van der Waals surface area (Å²) in [5.41, 5.74) is 1.14. The van der Waals surface area contributed by atoms with Crippen LogP contribution in [0.4, 0.5) is 11.4 Å². The first kappa shape index (κ1) is 15.3. The maximum absolute atomic E-state index is 10.8. The Morgan fingerprint density at radius 2 is 2.00 bits per heavy atom. The molecule has 0 radical (unpaired) electrons. The molecule has 0 aromatic heterocycles. The lowest BCUT2D eigenvalue weighted by molar-refractivity contribution is -0.384. The predicted octanol–water partition coefficient (Wildman–Crippen LogP) is 3.32. The molecule has 1 aliphatic rings. The van der Waals surface area contributed by atoms with E-state index < -0.39 is 0 Å². The van der Waals surface area contributed by atoms with E-state index in [0.717, 1.165) is 23.0 Å². The van der Waals surface area contributed by atoms with Gasteiger partial charge in [0.2, 0.25) is 0 Å². The molecule has 110 valence electrons. The molecule has 0 bridgehead atoms. The molecule has 1 aliphatic carbocycles. The molecule has 0 heterocycles. The number of nitrogens with zero attached hydrogens (tertiary/aromatic N) is 2. The van der Waals surface area contributed by atoms with Gasteiger partial charge in [-0.1, -0.05) is 0 Å². The number of hydrogen-bond acceptors (Lipinski definition) is 4. The van der Waals surface area contributed by atoms with Crippen molar-refractivity contribution < 1.29 is 4.92 Å². The fourth-order valence-electron chi connectivity index (χ4n) is 2.84. The van der Waals surface area contributed by atoms with Gasteiger partial charge in [0.15, 0.2) is 0 Å². The molecule has 0 unspecified atom stereocenters. The molecule has 0 amide bonds. The molecule has 1 N–H and O–H groups in total. The highest BCUT2D eigenvalue weighted by atomic mass is 79.9. The van der Waals surface area contributed by atoms with Gasteiger partial charge in [0.1, 0.15) is 0 Å². The maximum Gasteiger partial charge on any atom is 0.270 e. The molecule has 0 atom stereocenters. The Hall–Kier alpha value is -1.14. The molecule has 1 fully saturated rings. The van der Waals surface area contributed by atoms with Crippen LogP contribution in [0.2, 0.25) is 0 Å². The third-order valence-corrected chi connectivity index (χ3v) is 4.81. The fraction of sp³-hybridized carbons (Fsp3) is 0.571. The van der Waals surface area contributed by atoms with Gasteiger partial charge >= 0.3 is 0 Å². The van der Waals surface area contributed by atoms with Crippen molar-refractivity contribution in [2.24, 2.45) is 0 Å². The van der Waals surface area contributed by atoms with Crippen molar-refractivity contribution in [3.8, 4) is 0 Å². The van der Waals surface area contributed by atoms with Crippen LogP contribution in [0.5, 0.6) is 0 Å². The van der Waals surface area contributed by atoms with Crippen LogP contribution in [0.1, 0.15) is 25.7 Å². The van der Waals surface area contributed by atoms with Crippen molar-refractivity contribution in [2.45, 2.75) is 37.8 Å². The topological polar surface area (TPSA) is 58.4 Å². The van der Waals surface area contributed by atoms with Crippen LogP contribution in [0, 0.1) is 10.1 Å². The van der Waals surface area contributed by atoms with Crippen LogP contribution in [-0.2, 0) is 0 Å². The normalized spacial score (nSPS) is 22.6. The summed E-state index contributed by atoms with van der Waals surface area (Å²) in [5, 5.41) is 14.1. The summed E-state index contributed by atoms with van der Waals surface area (Å²) in [5.74, 6) is 0. The molecule has 20 heavy (non-hydrogen) atoms. The van der Waals surface area contributed by atoms with Gasteiger partial charge in [-0.25, -0.2) is 0 Å². The van der Waals surface area contributed by atoms with Crippen LogP contribution >= 0.6 is 15.9 Å². The minimum absolute atomic E-state index is 0.118. The molecular formula is C14H20BrN3O2. The second-order valence-corrected chi connectivity index (χ2v) is 6.15. The number of rotatable bonds is 4. The van der Waals surface area contributed by atoms with E-state index in [-0.39, 0.29) is 10.6 Å². The Bertz CT molecular complexity index is 487. The van der Waals surface area contributed by atoms with E-state index in [9.17, 15) is 10.1 Å². The van der Waals surface area contributed by atoms with Crippen LogP contribution < -0.4 is 10.2 Å². The highest BCUT2D eigenvalue weighted by Gasteiger charge is 2.24. The first-order valence-corrected chi connectivity index (χ1v) is 7.66. The monoisotopic (exact) mass is 341 g/mol. The lowest BCUT2D eigenvalue weighted by atomic mass is 9.90. The number of nitro groups is 1. The molecule has 1 saturated carbocycles. The molecule has 2 rings (SSSR count). The van der Waals surface area contributed by atoms with Crippen LogP contribution in [-0.4, -0.2) is 31.1 Å². The van der Waals surface area contributed by atoms with Gasteiger partial charge in [-0.15, -0.1) is 0 Å². The average Bonchev–Trinajstić information content (AvgIpc) is 2.46. The molecule has 1 aromatic rings. The Balaban J connectivity index is 2.09. The molecule has 5 nitrogen and oxygen atoms in total. The molecule has 0 spiro atoms. The standard InChI is InChI=1S/C14H20BrN3O2/c1-16-10-3-5-11(6-4-10)17(2)14-8-7-12(18(19)20)9-13(14)15/h7-11,16H,3-6H2,1-2H3. The van der Waals surface area contributed by atoms with Crippen molar-refractivity contribution in [3.05, 3.63) is 32.8 Å². The van der Waals surface area contributed by atoms with E-state index in [1.165, 1.54) is 12.8 Å². The summed E-state index contributed by atoms with van der Waals surface area (Å²) in [6.07, 6.45) is 4.64. The Morgan fingerprint density at radius 1 is 1.35 bits per heavy atom. The fourth-order valence-corrected chi connectivity index (χ4v) is 3.49. The second kappa shape index (κ2) is 6.54. The van der Waals surface area contributed by atoms with Crippen molar-refractivity contribution in [1.82, 2.24) is 5.32 Å². The summed E-state index contributed by atoms with van der Waals surface area (Å²) in [7, 11) is 4.08. The summed E-state index contributed by atoms with van der Waals surface area (Å²) < 4.78 is 0.782. The van der Waals surface area contributed by atoms with E-state index in [4.69, 9.17) is 0 Å². The van der Waals surface area contributed by atoms with Crippen LogP contribution in [0.15, 0.2) is 22.7 Å². The van der Waals surface area contributed by atoms with E-state index in [2.05, 4.69) is 33.2 Å². The Morgan fingerprint density at radius 3 is 2.50 bits per heavy atom. The van der Waals surface area contributed by atoms with E-state index in [1.807, 2.05) is 13.1 Å². The Kier molecular flexibility index (Phi) is 4.99. The van der Waals surface area contributed by atoms with Gasteiger partial charge in [-0.2, -0.15) is 0 Å². The lowest BCUT2D eigenvalue weighted by Gasteiger charge is -2.36. The van der Waals surface area contributed by atoms with Crippen molar-refractivity contribution >= 4 is 27.3 Å². The van der Waals surface area contributed by atoms with Gasteiger partial charge in [0.25, 0.3) is 5.69 Å². The molecule has 0 aliphatic heterocycles. The maximum atomic E-state index is 10.8. The average molecular weight is 342 g/mol. The minimum Gasteiger partial charge on any atom is -0.371 e. The first-order valence-electron chi connectivity index (χ1n) is 6.87. The predicted molar refractivity (Wildman–Crippen MR) is 84.3 cm³/mol. The van der Waals surface area contributed by atoms with Gasteiger partial charge in [-0.05, 0) is 54.7 Å². The van der Waals surface area contributed by atoms with Gasteiger partial charge in [0.05, 0.1) is 10.6 Å². The molecular weight excluding hydrogens is 322 g/mol. The highest BCUT2D eigenvalue weighted by molar-refractivity contribution is 9.10. The third-order valence-electron chi connectivity index (χ3n) is 4.17. The third kappa shape index (κ3) is 3.30. The van der Waals surface area contributed by atoms with Crippen LogP contribution in [0.25, 0.3) is 0 Å². The second-order valence-electron chi connectivity index (χ2n) is 5.30. The number of halogens is 1. The summed E-state index contributed by atoms with van der Waals surface area (Å²) >= 11 is 3.45. The minimum atomic E-state index is -0.368. The van der Waals surface area contributed by atoms with E-state index in [1.54, 1.807) is 12.1 Å². The lowest BCUT2D eigenvalue weighted by Crippen LogP contribution is -2.40. The van der Waals surface area contributed by atoms with Crippen molar-refractivity contribution in [1.29, 1.82) is 0 Å². The van der Waals surface area contributed by atoms with Gasteiger partial charge < -0.3 is 10.2 Å². The summed E-state index contributed by atoms with van der Waals surface area (Å²) in [6, 6.07) is 6.09. The quantitative estimate of drug-likeness (QED) is 0.674. The van der Waals surface area contributed by atoms with E-state index in [0.29, 0.717) is 12.1 Å². The summed E-state index contributed by atoms with van der Waals surface area (Å²) in [6.45, 7) is 0. The SMILES string of the molecule is CNC1CCC(N(C)c2ccc([N+](=O)[O-])cc2Br)CC1. The molecule has 6 heteroatoms. The highest BCUT2D eigenvalue weighted by Crippen LogP contribution is 2.33. The molecule has 0 saturated heterocycles. The van der Waals surface area contributed by atoms with Crippen LogP contribution in [0.3, 0.4) is 0 Å². The number of nitro benzene ring substituents is 1. The number of benzene rings is 1. The number of non-ortho nitro benzene ring substituents is 1. The molecule has 1 aromatic carbocycles. The first-order chi connectivity index (χ1) is 9.52.